The molecule has 3 aliphatic rings. The molecule has 0 N–H and O–H groups in total. The number of aromatic nitrogens is 2. The van der Waals surface area contributed by atoms with Gasteiger partial charge in [-0.2, -0.15) is 0 Å². The van der Waals surface area contributed by atoms with Gasteiger partial charge in [-0.15, -0.1) is 0 Å². The summed E-state index contributed by atoms with van der Waals surface area (Å²) in [5, 5.41) is 0.489. The Hall–Kier alpha value is -2.50. The van der Waals surface area contributed by atoms with Gasteiger partial charge < -0.3 is 4.74 Å². The van der Waals surface area contributed by atoms with E-state index in [9.17, 15) is 14.4 Å². The molecule has 3 aliphatic carbocycles. The number of ketones is 1. The number of ether oxygens (including phenoxy) is 1. The molecule has 6 heteroatoms. The number of carbonyl (C=O) groups excluding carboxylic acids is 2. The normalized spacial score (nSPS) is 26.4. The van der Waals surface area contributed by atoms with Crippen LogP contribution >= 0.6 is 0 Å². The van der Waals surface area contributed by atoms with E-state index in [0.717, 1.165) is 49.9 Å². The van der Waals surface area contributed by atoms with E-state index in [1.807, 2.05) is 19.1 Å². The molecule has 0 spiro atoms. The number of rotatable bonds is 3. The van der Waals surface area contributed by atoms with Gasteiger partial charge in [-0.25, -0.2) is 4.98 Å². The van der Waals surface area contributed by atoms with E-state index in [1.54, 1.807) is 11.6 Å². The topological polar surface area (TPSA) is 78.3 Å². The molecule has 2 aromatic rings. The quantitative estimate of drug-likeness (QED) is 0.602. The summed E-state index contributed by atoms with van der Waals surface area (Å²) in [6.45, 7) is 3.39. The van der Waals surface area contributed by atoms with Crippen LogP contribution in [-0.4, -0.2) is 28.4 Å². The standard InChI is InChI=1S/C22H26N2O4/c1-13-11-15(14(2)25)17-16(12-13)18(26)24(3)19(23-17)21-5-8-22(9-6-21,10-7-21)20(27)28-4/h11-12H,5-10H2,1-4H3. The zero-order chi connectivity index (χ0) is 20.3. The van der Waals surface area contributed by atoms with Gasteiger partial charge in [0.15, 0.2) is 5.78 Å². The Balaban J connectivity index is 1.87. The van der Waals surface area contributed by atoms with Gasteiger partial charge >= 0.3 is 5.97 Å². The minimum Gasteiger partial charge on any atom is -0.469 e. The van der Waals surface area contributed by atoms with Crippen LogP contribution < -0.4 is 5.56 Å². The second-order valence-electron chi connectivity index (χ2n) is 8.62. The fourth-order valence-corrected chi connectivity index (χ4v) is 5.31. The summed E-state index contributed by atoms with van der Waals surface area (Å²) >= 11 is 0. The molecule has 0 saturated heterocycles. The third-order valence-corrected chi connectivity index (χ3v) is 7.04. The summed E-state index contributed by atoms with van der Waals surface area (Å²) in [5.41, 5.74) is 1.16. The Morgan fingerprint density at radius 1 is 1.11 bits per heavy atom. The first-order chi connectivity index (χ1) is 13.2. The maximum atomic E-state index is 13.1. The van der Waals surface area contributed by atoms with Crippen LogP contribution in [0.4, 0.5) is 0 Å². The molecule has 28 heavy (non-hydrogen) atoms. The summed E-state index contributed by atoms with van der Waals surface area (Å²) in [7, 11) is 3.22. The molecule has 1 aromatic heterocycles. The predicted octanol–water partition coefficient (Wildman–Crippen LogP) is 3.21. The van der Waals surface area contributed by atoms with Gasteiger partial charge in [-0.3, -0.25) is 19.0 Å². The van der Waals surface area contributed by atoms with Crippen molar-refractivity contribution in [2.24, 2.45) is 12.5 Å². The van der Waals surface area contributed by atoms with Gasteiger partial charge in [0.1, 0.15) is 5.82 Å². The van der Waals surface area contributed by atoms with Crippen LogP contribution in [0.15, 0.2) is 16.9 Å². The molecule has 5 rings (SSSR count). The Morgan fingerprint density at radius 2 is 1.71 bits per heavy atom. The van der Waals surface area contributed by atoms with E-state index in [4.69, 9.17) is 9.72 Å². The Morgan fingerprint density at radius 3 is 2.25 bits per heavy atom. The molecule has 6 nitrogen and oxygen atoms in total. The lowest BCUT2D eigenvalue weighted by molar-refractivity contribution is -0.160. The van der Waals surface area contributed by atoms with E-state index in [2.05, 4.69) is 0 Å². The van der Waals surface area contributed by atoms with Crippen molar-refractivity contribution in [2.75, 3.05) is 7.11 Å². The third kappa shape index (κ3) is 2.54. The van der Waals surface area contributed by atoms with Gasteiger partial charge in [0, 0.05) is 18.0 Å². The first kappa shape index (κ1) is 18.8. The predicted molar refractivity (Wildman–Crippen MR) is 106 cm³/mol. The van der Waals surface area contributed by atoms with Crippen molar-refractivity contribution in [1.29, 1.82) is 0 Å². The number of hydrogen-bond donors (Lipinski definition) is 0. The van der Waals surface area contributed by atoms with Crippen molar-refractivity contribution in [2.45, 2.75) is 57.8 Å². The molecular formula is C22H26N2O4. The molecule has 3 fully saturated rings. The van der Waals surface area contributed by atoms with E-state index in [-0.39, 0.29) is 28.1 Å². The van der Waals surface area contributed by atoms with Crippen molar-refractivity contribution in [3.63, 3.8) is 0 Å². The number of fused-ring (bicyclic) bond motifs is 4. The number of hydrogen-bond acceptors (Lipinski definition) is 5. The van der Waals surface area contributed by atoms with Crippen LogP contribution in [0.5, 0.6) is 0 Å². The summed E-state index contributed by atoms with van der Waals surface area (Å²) in [4.78, 5) is 42.6. The van der Waals surface area contributed by atoms with E-state index in [0.29, 0.717) is 16.5 Å². The second-order valence-corrected chi connectivity index (χ2v) is 8.62. The highest BCUT2D eigenvalue weighted by Crippen LogP contribution is 2.57. The maximum Gasteiger partial charge on any atom is 0.311 e. The highest BCUT2D eigenvalue weighted by Gasteiger charge is 2.55. The Kier molecular flexibility index (Phi) is 4.21. The molecule has 1 heterocycles. The number of benzene rings is 1. The lowest BCUT2D eigenvalue weighted by Gasteiger charge is -2.51. The van der Waals surface area contributed by atoms with Gasteiger partial charge in [-0.05, 0) is 70.1 Å². The van der Waals surface area contributed by atoms with Crippen LogP contribution in [0.25, 0.3) is 10.9 Å². The molecule has 2 bridgehead atoms. The number of carbonyl (C=O) groups is 2. The Bertz CT molecular complexity index is 1040. The van der Waals surface area contributed by atoms with Gasteiger partial charge in [0.05, 0.1) is 23.4 Å². The first-order valence-corrected chi connectivity index (χ1v) is 9.84. The van der Waals surface area contributed by atoms with Crippen LogP contribution in [0.2, 0.25) is 0 Å². The highest BCUT2D eigenvalue weighted by atomic mass is 16.5. The molecular weight excluding hydrogens is 356 g/mol. The van der Waals surface area contributed by atoms with Crippen LogP contribution in [0, 0.1) is 12.3 Å². The molecule has 1 aromatic carbocycles. The number of esters is 1. The van der Waals surface area contributed by atoms with E-state index in [1.165, 1.54) is 14.0 Å². The van der Waals surface area contributed by atoms with Crippen molar-refractivity contribution < 1.29 is 14.3 Å². The van der Waals surface area contributed by atoms with Gasteiger partial charge in [0.2, 0.25) is 0 Å². The fraction of sp³-hybridized carbons (Fsp3) is 0.545. The lowest BCUT2D eigenvalue weighted by Crippen LogP contribution is -2.50. The SMILES string of the molecule is COC(=O)C12CCC(c3nc4c(C(C)=O)cc(C)cc4c(=O)n3C)(CC1)CC2. The molecule has 0 aliphatic heterocycles. The third-order valence-electron chi connectivity index (χ3n) is 7.04. The van der Waals surface area contributed by atoms with Gasteiger partial charge in [-0.1, -0.05) is 0 Å². The van der Waals surface area contributed by atoms with E-state index >= 15 is 0 Å². The summed E-state index contributed by atoms with van der Waals surface area (Å²) < 4.78 is 6.71. The number of nitrogens with zero attached hydrogens (tertiary/aromatic N) is 2. The molecule has 0 amide bonds. The first-order valence-electron chi connectivity index (χ1n) is 9.84. The maximum absolute atomic E-state index is 13.1. The minimum absolute atomic E-state index is 0.0881. The molecule has 0 unspecified atom stereocenters. The zero-order valence-corrected chi connectivity index (χ0v) is 16.9. The van der Waals surface area contributed by atoms with E-state index < -0.39 is 0 Å². The van der Waals surface area contributed by atoms with Crippen LogP contribution in [-0.2, 0) is 22.0 Å². The molecule has 148 valence electrons. The average molecular weight is 382 g/mol. The monoisotopic (exact) mass is 382 g/mol. The minimum atomic E-state index is -0.381. The van der Waals surface area contributed by atoms with Crippen LogP contribution in [0.1, 0.15) is 67.2 Å². The largest absolute Gasteiger partial charge is 0.469 e. The van der Waals surface area contributed by atoms with Gasteiger partial charge in [0.25, 0.3) is 5.56 Å². The number of Topliss-reactive ketones (excluding diaryl/α,β-unsaturated/α-hetero) is 1. The molecule has 0 atom stereocenters. The second kappa shape index (κ2) is 6.26. The smallest absolute Gasteiger partial charge is 0.311 e. The lowest BCUT2D eigenvalue weighted by atomic mass is 9.53. The fourth-order valence-electron chi connectivity index (χ4n) is 5.31. The van der Waals surface area contributed by atoms with Crippen molar-refractivity contribution in [1.82, 2.24) is 9.55 Å². The number of aryl methyl sites for hydroxylation is 1. The highest BCUT2D eigenvalue weighted by molar-refractivity contribution is 6.05. The molecule has 3 saturated carbocycles. The summed E-state index contributed by atoms with van der Waals surface area (Å²) in [6, 6.07) is 3.62. The summed E-state index contributed by atoms with van der Waals surface area (Å²) in [5.74, 6) is 0.542. The number of methoxy groups -OCH3 is 1. The molecule has 0 radical (unpaired) electrons. The average Bonchev–Trinajstić information content (AvgIpc) is 2.71. The van der Waals surface area contributed by atoms with Crippen LogP contribution in [0.3, 0.4) is 0 Å². The Labute approximate surface area is 163 Å². The van der Waals surface area contributed by atoms with Crippen molar-refractivity contribution in [3.8, 4) is 0 Å². The zero-order valence-electron chi connectivity index (χ0n) is 16.9. The van der Waals surface area contributed by atoms with Crippen molar-refractivity contribution in [3.05, 3.63) is 39.4 Å². The summed E-state index contributed by atoms with van der Waals surface area (Å²) in [6.07, 6.45) is 4.66. The van der Waals surface area contributed by atoms with Crippen molar-refractivity contribution >= 4 is 22.7 Å².